The van der Waals surface area contributed by atoms with E-state index in [1.165, 1.54) is 4.90 Å². The van der Waals surface area contributed by atoms with E-state index in [4.69, 9.17) is 4.74 Å². The summed E-state index contributed by atoms with van der Waals surface area (Å²) in [5.41, 5.74) is 2.10. The molecule has 2 heterocycles. The molecule has 0 radical (unpaired) electrons. The SMILES string of the molecule is CCN(C(=O)COC(=O)c1[nH]c(C)c([C@H](C)O)c1C)[C@@H]1CCS(=O)(=O)C1. The number of amides is 1. The highest BCUT2D eigenvalue weighted by Crippen LogP contribution is 2.25. The van der Waals surface area contributed by atoms with Crippen LogP contribution in [0.25, 0.3) is 0 Å². The monoisotopic (exact) mass is 386 g/mol. The van der Waals surface area contributed by atoms with Gasteiger partial charge in [-0.15, -0.1) is 0 Å². The van der Waals surface area contributed by atoms with Crippen molar-refractivity contribution in [2.75, 3.05) is 24.7 Å². The molecule has 0 saturated carbocycles. The topological polar surface area (TPSA) is 117 Å². The van der Waals surface area contributed by atoms with Crippen molar-refractivity contribution in [2.24, 2.45) is 0 Å². The minimum atomic E-state index is -3.10. The van der Waals surface area contributed by atoms with Gasteiger partial charge in [-0.3, -0.25) is 4.79 Å². The van der Waals surface area contributed by atoms with E-state index in [-0.39, 0.29) is 23.2 Å². The number of esters is 1. The Labute approximate surface area is 153 Å². The Morgan fingerprint density at radius 1 is 1.38 bits per heavy atom. The summed E-state index contributed by atoms with van der Waals surface area (Å²) in [7, 11) is -3.10. The lowest BCUT2D eigenvalue weighted by atomic mass is 10.1. The maximum atomic E-state index is 12.4. The molecule has 2 N–H and O–H groups in total. The van der Waals surface area contributed by atoms with Gasteiger partial charge < -0.3 is 19.7 Å². The average Bonchev–Trinajstić information content (AvgIpc) is 3.04. The van der Waals surface area contributed by atoms with Gasteiger partial charge in [-0.2, -0.15) is 0 Å². The molecule has 1 aliphatic heterocycles. The fraction of sp³-hybridized carbons (Fsp3) is 0.647. The maximum absolute atomic E-state index is 12.4. The summed E-state index contributed by atoms with van der Waals surface area (Å²) in [6.07, 6.45) is -0.322. The van der Waals surface area contributed by atoms with Crippen molar-refractivity contribution >= 4 is 21.7 Å². The summed E-state index contributed by atoms with van der Waals surface area (Å²) >= 11 is 0. The summed E-state index contributed by atoms with van der Waals surface area (Å²) < 4.78 is 28.3. The quantitative estimate of drug-likeness (QED) is 0.701. The zero-order chi connectivity index (χ0) is 19.6. The standard InChI is InChI=1S/C17H26N2O6S/c1-5-19(13-6-7-26(23,24)9-13)14(21)8-25-17(22)16-10(2)15(12(4)20)11(3)18-16/h12-13,18,20H,5-9H2,1-4H3/t12-,13+/m0/s1. The van der Waals surface area contributed by atoms with Crippen molar-refractivity contribution in [1.29, 1.82) is 0 Å². The first-order valence-corrected chi connectivity index (χ1v) is 10.4. The molecule has 8 nitrogen and oxygen atoms in total. The number of aryl methyl sites for hydroxylation is 1. The third-order valence-corrected chi connectivity index (χ3v) is 6.50. The second kappa shape index (κ2) is 7.79. The molecule has 1 aliphatic rings. The van der Waals surface area contributed by atoms with Crippen LogP contribution in [0.4, 0.5) is 0 Å². The van der Waals surface area contributed by atoms with Crippen molar-refractivity contribution in [3.8, 4) is 0 Å². The van der Waals surface area contributed by atoms with Crippen LogP contribution in [0.2, 0.25) is 0 Å². The predicted molar refractivity (Wildman–Crippen MR) is 95.6 cm³/mol. The van der Waals surface area contributed by atoms with E-state index in [1.807, 2.05) is 0 Å². The molecule has 0 spiro atoms. The molecule has 0 bridgehead atoms. The third kappa shape index (κ3) is 4.27. The number of aromatic nitrogens is 1. The van der Waals surface area contributed by atoms with Gasteiger partial charge in [0, 0.05) is 23.8 Å². The van der Waals surface area contributed by atoms with Crippen LogP contribution in [0.3, 0.4) is 0 Å². The van der Waals surface area contributed by atoms with Gasteiger partial charge in [0.05, 0.1) is 17.6 Å². The summed E-state index contributed by atoms with van der Waals surface area (Å²) in [4.78, 5) is 29.0. The van der Waals surface area contributed by atoms with Crippen molar-refractivity contribution in [2.45, 2.75) is 46.3 Å². The maximum Gasteiger partial charge on any atom is 0.355 e. The normalized spacial score (nSPS) is 20.0. The van der Waals surface area contributed by atoms with Crippen LogP contribution < -0.4 is 0 Å². The molecule has 1 amide bonds. The number of rotatable bonds is 6. The molecule has 0 aliphatic carbocycles. The Morgan fingerprint density at radius 2 is 2.04 bits per heavy atom. The number of hydrogen-bond acceptors (Lipinski definition) is 6. The van der Waals surface area contributed by atoms with E-state index in [1.54, 1.807) is 27.7 Å². The van der Waals surface area contributed by atoms with Crippen LogP contribution in [-0.4, -0.2) is 66.0 Å². The van der Waals surface area contributed by atoms with Crippen molar-refractivity contribution < 1.29 is 27.9 Å². The Kier molecular flexibility index (Phi) is 6.13. The molecule has 2 rings (SSSR count). The number of nitrogens with zero attached hydrogens (tertiary/aromatic N) is 1. The summed E-state index contributed by atoms with van der Waals surface area (Å²) in [5.74, 6) is -1.07. The second-order valence-corrected chi connectivity index (χ2v) is 8.88. The van der Waals surface area contributed by atoms with Gasteiger partial charge in [0.2, 0.25) is 0 Å². The highest BCUT2D eigenvalue weighted by molar-refractivity contribution is 7.91. The van der Waals surface area contributed by atoms with Crippen molar-refractivity contribution in [3.05, 3.63) is 22.5 Å². The molecular formula is C17H26N2O6S. The van der Waals surface area contributed by atoms with Crippen molar-refractivity contribution in [1.82, 2.24) is 9.88 Å². The van der Waals surface area contributed by atoms with E-state index in [9.17, 15) is 23.1 Å². The fourth-order valence-corrected chi connectivity index (χ4v) is 5.27. The van der Waals surface area contributed by atoms with Crippen molar-refractivity contribution in [3.63, 3.8) is 0 Å². The van der Waals surface area contributed by atoms with Crippen LogP contribution in [0, 0.1) is 13.8 Å². The van der Waals surface area contributed by atoms with Crippen LogP contribution in [0.15, 0.2) is 0 Å². The molecule has 1 aromatic heterocycles. The average molecular weight is 386 g/mol. The number of ether oxygens (including phenoxy) is 1. The first-order chi connectivity index (χ1) is 12.1. The van der Waals surface area contributed by atoms with E-state index in [2.05, 4.69) is 4.98 Å². The molecule has 2 atom stereocenters. The highest BCUT2D eigenvalue weighted by atomic mass is 32.2. The Morgan fingerprint density at radius 3 is 2.50 bits per heavy atom. The zero-order valence-electron chi connectivity index (χ0n) is 15.5. The van der Waals surface area contributed by atoms with Crippen LogP contribution in [0.5, 0.6) is 0 Å². The summed E-state index contributed by atoms with van der Waals surface area (Å²) in [6.45, 7) is 6.71. The largest absolute Gasteiger partial charge is 0.451 e. The molecule has 9 heteroatoms. The molecular weight excluding hydrogens is 360 g/mol. The summed E-state index contributed by atoms with van der Waals surface area (Å²) in [6, 6.07) is -0.368. The Hall–Kier alpha value is -1.87. The molecule has 0 aromatic carbocycles. The minimum absolute atomic E-state index is 0.0484. The van der Waals surface area contributed by atoms with E-state index < -0.39 is 34.4 Å². The van der Waals surface area contributed by atoms with Gasteiger partial charge in [-0.1, -0.05) is 0 Å². The molecule has 0 unspecified atom stereocenters. The lowest BCUT2D eigenvalue weighted by Gasteiger charge is -2.26. The van der Waals surface area contributed by atoms with Gasteiger partial charge in [-0.05, 0) is 39.7 Å². The smallest absolute Gasteiger partial charge is 0.355 e. The number of carbonyl (C=O) groups excluding carboxylic acids is 2. The first kappa shape index (κ1) is 20.4. The number of likely N-dealkylation sites (N-methyl/N-ethyl adjacent to an activating group) is 1. The van der Waals surface area contributed by atoms with Gasteiger partial charge in [0.15, 0.2) is 16.4 Å². The lowest BCUT2D eigenvalue weighted by Crippen LogP contribution is -2.43. The van der Waals surface area contributed by atoms with Gasteiger partial charge in [-0.25, -0.2) is 13.2 Å². The Bertz CT molecular complexity index is 796. The molecule has 1 saturated heterocycles. The number of carbonyl (C=O) groups is 2. The fourth-order valence-electron chi connectivity index (χ4n) is 3.54. The predicted octanol–water partition coefficient (Wildman–Crippen LogP) is 0.877. The summed E-state index contributed by atoms with van der Waals surface area (Å²) in [5, 5.41) is 9.78. The number of aromatic amines is 1. The minimum Gasteiger partial charge on any atom is -0.451 e. The van der Waals surface area contributed by atoms with Crippen LogP contribution in [-0.2, 0) is 19.4 Å². The first-order valence-electron chi connectivity index (χ1n) is 8.61. The number of aliphatic hydroxyl groups excluding tert-OH is 1. The molecule has 146 valence electrons. The van der Waals surface area contributed by atoms with E-state index >= 15 is 0 Å². The van der Waals surface area contributed by atoms with Gasteiger partial charge in [0.1, 0.15) is 5.69 Å². The van der Waals surface area contributed by atoms with Gasteiger partial charge >= 0.3 is 5.97 Å². The molecule has 1 aromatic rings. The number of aliphatic hydroxyl groups is 1. The van der Waals surface area contributed by atoms with E-state index in [0.29, 0.717) is 29.8 Å². The second-order valence-electron chi connectivity index (χ2n) is 6.65. The van der Waals surface area contributed by atoms with Crippen LogP contribution >= 0.6 is 0 Å². The van der Waals surface area contributed by atoms with Gasteiger partial charge in [0.25, 0.3) is 5.91 Å². The number of nitrogens with one attached hydrogen (secondary N) is 1. The van der Waals surface area contributed by atoms with E-state index in [0.717, 1.165) is 0 Å². The third-order valence-electron chi connectivity index (χ3n) is 4.75. The lowest BCUT2D eigenvalue weighted by molar-refractivity contribution is -0.136. The molecule has 26 heavy (non-hydrogen) atoms. The number of sulfone groups is 1. The van der Waals surface area contributed by atoms with Crippen LogP contribution in [0.1, 0.15) is 53.7 Å². The number of hydrogen-bond donors (Lipinski definition) is 2. The zero-order valence-corrected chi connectivity index (χ0v) is 16.4. The number of H-pyrrole nitrogens is 1. The molecule has 1 fully saturated rings. The highest BCUT2D eigenvalue weighted by Gasteiger charge is 2.34. The Balaban J connectivity index is 2.02.